The van der Waals surface area contributed by atoms with Crippen LogP contribution in [0.25, 0.3) is 6.08 Å². The third-order valence-electron chi connectivity index (χ3n) is 3.82. The zero-order valence-corrected chi connectivity index (χ0v) is 13.7. The SMILES string of the molecule is COc1cc(C=C2C(=O)N(c3cccc[n+]3C)N=C2C)ccc1O. The number of amides is 1. The lowest BCUT2D eigenvalue weighted by molar-refractivity contribution is -0.658. The van der Waals surface area contributed by atoms with Gasteiger partial charge in [-0.2, -0.15) is 0 Å². The first kappa shape index (κ1) is 15.7. The molecule has 1 N–H and O–H groups in total. The number of hydrazone groups is 1. The average molecular weight is 324 g/mol. The molecule has 0 fully saturated rings. The van der Waals surface area contributed by atoms with Crippen LogP contribution in [0.1, 0.15) is 12.5 Å². The monoisotopic (exact) mass is 324 g/mol. The lowest BCUT2D eigenvalue weighted by Gasteiger charge is -2.06. The fourth-order valence-corrected chi connectivity index (χ4v) is 2.52. The van der Waals surface area contributed by atoms with Crippen LogP contribution in [0.3, 0.4) is 0 Å². The minimum atomic E-state index is -0.193. The summed E-state index contributed by atoms with van der Waals surface area (Å²) in [5.41, 5.74) is 1.89. The Balaban J connectivity index is 1.98. The smallest absolute Gasteiger partial charge is 0.368 e. The summed E-state index contributed by atoms with van der Waals surface area (Å²) in [5.74, 6) is 0.909. The predicted octanol–water partition coefficient (Wildman–Crippen LogP) is 2.03. The van der Waals surface area contributed by atoms with Crippen molar-refractivity contribution in [3.63, 3.8) is 0 Å². The van der Waals surface area contributed by atoms with Crippen molar-refractivity contribution >= 4 is 23.5 Å². The van der Waals surface area contributed by atoms with Crippen LogP contribution in [0, 0.1) is 0 Å². The molecule has 0 bridgehead atoms. The van der Waals surface area contributed by atoms with Gasteiger partial charge in [0.25, 0.3) is 0 Å². The maximum Gasteiger partial charge on any atom is 0.368 e. The normalized spacial score (nSPS) is 15.8. The van der Waals surface area contributed by atoms with Crippen molar-refractivity contribution in [2.75, 3.05) is 12.1 Å². The topological polar surface area (TPSA) is 66.0 Å². The summed E-state index contributed by atoms with van der Waals surface area (Å²) >= 11 is 0. The highest BCUT2D eigenvalue weighted by atomic mass is 16.5. The minimum absolute atomic E-state index is 0.0562. The highest BCUT2D eigenvalue weighted by Crippen LogP contribution is 2.28. The van der Waals surface area contributed by atoms with Crippen molar-refractivity contribution in [3.05, 3.63) is 53.7 Å². The van der Waals surface area contributed by atoms with Crippen molar-refractivity contribution in [1.29, 1.82) is 0 Å². The number of ether oxygens (including phenoxy) is 1. The lowest BCUT2D eigenvalue weighted by atomic mass is 10.1. The Morgan fingerprint density at radius 1 is 1.29 bits per heavy atom. The van der Waals surface area contributed by atoms with E-state index in [0.717, 1.165) is 5.56 Å². The van der Waals surface area contributed by atoms with E-state index >= 15 is 0 Å². The first-order valence-corrected chi connectivity index (χ1v) is 7.44. The number of carbonyl (C=O) groups excluding carboxylic acids is 1. The van der Waals surface area contributed by atoms with Crippen molar-refractivity contribution in [2.24, 2.45) is 12.1 Å². The third kappa shape index (κ3) is 2.74. The third-order valence-corrected chi connectivity index (χ3v) is 3.82. The van der Waals surface area contributed by atoms with Crippen LogP contribution in [-0.2, 0) is 11.8 Å². The van der Waals surface area contributed by atoms with Gasteiger partial charge in [-0.3, -0.25) is 0 Å². The molecule has 0 radical (unpaired) electrons. The summed E-state index contributed by atoms with van der Waals surface area (Å²) in [5, 5.41) is 15.4. The van der Waals surface area contributed by atoms with Crippen LogP contribution in [0.5, 0.6) is 11.5 Å². The summed E-state index contributed by atoms with van der Waals surface area (Å²) < 4.78 is 6.94. The van der Waals surface area contributed by atoms with E-state index in [-0.39, 0.29) is 11.7 Å². The van der Waals surface area contributed by atoms with Gasteiger partial charge in [0, 0.05) is 6.07 Å². The highest BCUT2D eigenvalue weighted by molar-refractivity contribution is 6.31. The van der Waals surface area contributed by atoms with Crippen LogP contribution in [0.4, 0.5) is 5.82 Å². The van der Waals surface area contributed by atoms with Crippen molar-refractivity contribution < 1.29 is 19.2 Å². The number of hydrogen-bond donors (Lipinski definition) is 1. The van der Waals surface area contributed by atoms with Crippen molar-refractivity contribution in [1.82, 2.24) is 0 Å². The first-order chi connectivity index (χ1) is 11.5. The number of pyridine rings is 1. The fraction of sp³-hybridized carbons (Fsp3) is 0.167. The number of carbonyl (C=O) groups is 1. The molecule has 0 unspecified atom stereocenters. The Kier molecular flexibility index (Phi) is 4.04. The molecule has 0 saturated heterocycles. The molecule has 1 amide bonds. The lowest BCUT2D eigenvalue weighted by Crippen LogP contribution is -2.37. The van der Waals surface area contributed by atoms with Gasteiger partial charge >= 0.3 is 11.7 Å². The molecule has 1 aromatic carbocycles. The number of phenolic OH excluding ortho intramolecular Hbond substituents is 1. The Bertz CT molecular complexity index is 872. The summed E-state index contributed by atoms with van der Waals surface area (Å²) in [6.07, 6.45) is 3.60. The molecule has 122 valence electrons. The number of benzene rings is 1. The van der Waals surface area contributed by atoms with Crippen LogP contribution in [0.2, 0.25) is 0 Å². The standard InChI is InChI=1S/C18H17N3O3/c1-12-14(10-13-7-8-15(22)16(11-13)24-3)18(23)21(19-12)17-6-4-5-9-20(17)2/h4-11H,1-3H3/p+1. The van der Waals surface area contributed by atoms with Gasteiger partial charge in [-0.1, -0.05) is 22.2 Å². The van der Waals surface area contributed by atoms with Gasteiger partial charge in [-0.25, -0.2) is 9.36 Å². The van der Waals surface area contributed by atoms with Gasteiger partial charge in [0.15, 0.2) is 11.5 Å². The molecule has 0 spiro atoms. The quantitative estimate of drug-likeness (QED) is 0.694. The van der Waals surface area contributed by atoms with Gasteiger partial charge in [-0.05, 0) is 36.8 Å². The number of rotatable bonds is 3. The molecule has 6 nitrogen and oxygen atoms in total. The fourth-order valence-electron chi connectivity index (χ4n) is 2.52. The largest absolute Gasteiger partial charge is 0.504 e. The van der Waals surface area contributed by atoms with Gasteiger partial charge < -0.3 is 9.84 Å². The molecule has 0 atom stereocenters. The van der Waals surface area contributed by atoms with E-state index in [2.05, 4.69) is 5.10 Å². The Hall–Kier alpha value is -3.15. The molecule has 1 aliphatic heterocycles. The zero-order chi connectivity index (χ0) is 17.3. The van der Waals surface area contributed by atoms with E-state index in [0.29, 0.717) is 22.9 Å². The highest BCUT2D eigenvalue weighted by Gasteiger charge is 2.37. The van der Waals surface area contributed by atoms with E-state index < -0.39 is 0 Å². The Labute approximate surface area is 139 Å². The number of methoxy groups -OCH3 is 1. The predicted molar refractivity (Wildman–Crippen MR) is 90.8 cm³/mol. The average Bonchev–Trinajstić information content (AvgIpc) is 2.85. The molecule has 3 rings (SSSR count). The summed E-state index contributed by atoms with van der Waals surface area (Å²) in [6, 6.07) is 10.5. The molecule has 0 aliphatic carbocycles. The van der Waals surface area contributed by atoms with Crippen molar-refractivity contribution in [3.8, 4) is 11.5 Å². The number of phenols is 1. The number of aromatic hydroxyl groups is 1. The van der Waals surface area contributed by atoms with E-state index in [1.165, 1.54) is 18.2 Å². The van der Waals surface area contributed by atoms with E-state index in [1.807, 2.05) is 36.0 Å². The Morgan fingerprint density at radius 2 is 2.08 bits per heavy atom. The second kappa shape index (κ2) is 6.16. The molecule has 1 aromatic heterocycles. The molecule has 2 aromatic rings. The van der Waals surface area contributed by atoms with E-state index in [1.54, 1.807) is 25.1 Å². The number of aryl methyl sites for hydroxylation is 1. The van der Waals surface area contributed by atoms with Crippen LogP contribution in [-0.4, -0.2) is 23.8 Å². The van der Waals surface area contributed by atoms with E-state index in [4.69, 9.17) is 4.74 Å². The van der Waals surface area contributed by atoms with Crippen LogP contribution in [0.15, 0.2) is 53.3 Å². The van der Waals surface area contributed by atoms with Gasteiger partial charge in [0.1, 0.15) is 0 Å². The summed E-state index contributed by atoms with van der Waals surface area (Å²) in [7, 11) is 3.34. The zero-order valence-electron chi connectivity index (χ0n) is 13.7. The number of nitrogens with zero attached hydrogens (tertiary/aromatic N) is 3. The second-order valence-corrected chi connectivity index (χ2v) is 5.46. The number of anilines is 1. The summed E-state index contributed by atoms with van der Waals surface area (Å²) in [4.78, 5) is 12.7. The maximum atomic E-state index is 12.7. The van der Waals surface area contributed by atoms with Gasteiger partial charge in [0.2, 0.25) is 0 Å². The molecule has 6 heteroatoms. The summed E-state index contributed by atoms with van der Waals surface area (Å²) in [6.45, 7) is 1.80. The minimum Gasteiger partial charge on any atom is -0.504 e. The molecule has 24 heavy (non-hydrogen) atoms. The number of aromatic nitrogens is 1. The first-order valence-electron chi connectivity index (χ1n) is 7.44. The van der Waals surface area contributed by atoms with Gasteiger partial charge in [0.05, 0.1) is 31.6 Å². The number of hydrogen-bond acceptors (Lipinski definition) is 4. The molecular formula is C18H18N3O3+. The second-order valence-electron chi connectivity index (χ2n) is 5.46. The molecule has 0 saturated carbocycles. The molecule has 1 aliphatic rings. The molecule has 2 heterocycles. The van der Waals surface area contributed by atoms with Crippen molar-refractivity contribution in [2.45, 2.75) is 6.92 Å². The van der Waals surface area contributed by atoms with Crippen LogP contribution >= 0.6 is 0 Å². The van der Waals surface area contributed by atoms with Crippen LogP contribution < -0.4 is 14.3 Å². The molecular weight excluding hydrogens is 306 g/mol. The Morgan fingerprint density at radius 3 is 2.79 bits per heavy atom. The van der Waals surface area contributed by atoms with E-state index in [9.17, 15) is 9.90 Å². The maximum absolute atomic E-state index is 12.7. The van der Waals surface area contributed by atoms with Gasteiger partial charge in [-0.15, -0.1) is 0 Å².